The summed E-state index contributed by atoms with van der Waals surface area (Å²) in [4.78, 5) is 0. The Bertz CT molecular complexity index is 6330. The minimum absolute atomic E-state index is 0.0284. The SMILES string of the molecule is C(=C\c1ccc(-c2ccc3c(c2)c2ccccc2n3-c2cccc3ccccc23)cc1)/c1ccc(-c2ccc3c(c2)C2(CCCC2)c2cc(-c4ccc5c(c4)C4(CCCC4)c4cc(-c6ccc(/C=C/c7ccc(-c8ccc9c(c8)c8ccccc8n9-c8cccc9ccccc89)cc7)cc6)ccc4-5)ccc2-3)cc1. The van der Waals surface area contributed by atoms with Gasteiger partial charge in [-0.25, -0.2) is 0 Å². The van der Waals surface area contributed by atoms with E-state index >= 15 is 0 Å². The number of hydrogen-bond acceptors (Lipinski definition) is 0. The molecule has 2 saturated carbocycles. The van der Waals surface area contributed by atoms with Crippen molar-refractivity contribution in [2.45, 2.75) is 62.2 Å². The molecule has 108 heavy (non-hydrogen) atoms. The lowest BCUT2D eigenvalue weighted by molar-refractivity contribution is 0.549. The Morgan fingerprint density at radius 1 is 0.204 bits per heavy atom. The highest BCUT2D eigenvalue weighted by molar-refractivity contribution is 6.13. The van der Waals surface area contributed by atoms with Crippen LogP contribution in [-0.2, 0) is 10.8 Å². The molecule has 18 aromatic rings. The van der Waals surface area contributed by atoms with Gasteiger partial charge >= 0.3 is 0 Å². The van der Waals surface area contributed by atoms with Crippen molar-refractivity contribution in [3.05, 3.63) is 384 Å². The molecular weight excluding hydrogens is 1300 g/mol. The molecule has 0 saturated heterocycles. The number of fused-ring (bicyclic) bond motifs is 18. The normalized spacial score (nSPS) is 14.6. The summed E-state index contributed by atoms with van der Waals surface area (Å²) in [7, 11) is 0. The summed E-state index contributed by atoms with van der Waals surface area (Å²) < 4.78 is 4.87. The van der Waals surface area contributed by atoms with Gasteiger partial charge in [-0.1, -0.05) is 317 Å². The minimum atomic E-state index is 0.0284. The van der Waals surface area contributed by atoms with Crippen molar-refractivity contribution in [2.24, 2.45) is 0 Å². The van der Waals surface area contributed by atoms with Gasteiger partial charge in [0.1, 0.15) is 0 Å². The second kappa shape index (κ2) is 24.9. The minimum Gasteiger partial charge on any atom is -0.309 e. The van der Waals surface area contributed by atoms with Gasteiger partial charge in [-0.2, -0.15) is 0 Å². The summed E-state index contributed by atoms with van der Waals surface area (Å²) in [6.07, 6.45) is 18.8. The Morgan fingerprint density at radius 3 is 0.806 bits per heavy atom. The summed E-state index contributed by atoms with van der Waals surface area (Å²) >= 11 is 0. The summed E-state index contributed by atoms with van der Waals surface area (Å²) in [5, 5.41) is 10.1. The Balaban J connectivity index is 0.484. The van der Waals surface area contributed by atoms with Crippen molar-refractivity contribution in [1.29, 1.82) is 0 Å². The Morgan fingerprint density at radius 2 is 0.463 bits per heavy atom. The number of aromatic nitrogens is 2. The smallest absolute Gasteiger partial charge is 0.0541 e. The fourth-order valence-electron chi connectivity index (χ4n) is 19.9. The average molecular weight is 1380 g/mol. The van der Waals surface area contributed by atoms with Crippen LogP contribution in [0.3, 0.4) is 0 Å². The van der Waals surface area contributed by atoms with E-state index in [9.17, 15) is 0 Å². The third-order valence-corrected chi connectivity index (χ3v) is 25.2. The highest BCUT2D eigenvalue weighted by Crippen LogP contribution is 2.61. The van der Waals surface area contributed by atoms with Crippen molar-refractivity contribution in [1.82, 2.24) is 9.13 Å². The molecule has 0 aliphatic heterocycles. The van der Waals surface area contributed by atoms with Crippen molar-refractivity contribution < 1.29 is 0 Å². The summed E-state index contributed by atoms with van der Waals surface area (Å²) in [5.41, 5.74) is 36.5. The van der Waals surface area contributed by atoms with Crippen LogP contribution < -0.4 is 0 Å². The lowest BCUT2D eigenvalue weighted by atomic mass is 9.75. The molecule has 16 aromatic carbocycles. The highest BCUT2D eigenvalue weighted by atomic mass is 15.0. The molecule has 2 aromatic heterocycles. The molecule has 510 valence electrons. The fraction of sp³-hybridized carbons (Fsp3) is 0.0943. The van der Waals surface area contributed by atoms with Crippen molar-refractivity contribution in [3.8, 4) is 89.3 Å². The van der Waals surface area contributed by atoms with E-state index in [1.54, 1.807) is 0 Å². The molecule has 0 N–H and O–H groups in total. The first-order valence-corrected chi connectivity index (χ1v) is 38.8. The molecule has 4 aliphatic rings. The van der Waals surface area contributed by atoms with E-state index in [0.29, 0.717) is 0 Å². The Kier molecular flexibility index (Phi) is 14.4. The molecule has 0 radical (unpaired) electrons. The van der Waals surface area contributed by atoms with Gasteiger partial charge in [-0.3, -0.25) is 0 Å². The number of nitrogens with zero attached hydrogens (tertiary/aromatic N) is 2. The topological polar surface area (TPSA) is 9.86 Å². The largest absolute Gasteiger partial charge is 0.309 e. The predicted molar refractivity (Wildman–Crippen MR) is 457 cm³/mol. The summed E-state index contributed by atoms with van der Waals surface area (Å²) in [6.45, 7) is 0. The van der Waals surface area contributed by atoms with Gasteiger partial charge in [-0.05, 0) is 232 Å². The van der Waals surface area contributed by atoms with Crippen molar-refractivity contribution >= 4 is 89.5 Å². The van der Waals surface area contributed by atoms with Gasteiger partial charge in [0.2, 0.25) is 0 Å². The van der Waals surface area contributed by atoms with E-state index in [4.69, 9.17) is 0 Å². The Hall–Kier alpha value is -12.9. The third-order valence-electron chi connectivity index (χ3n) is 25.2. The third kappa shape index (κ3) is 10.00. The molecule has 2 nitrogen and oxygen atoms in total. The van der Waals surface area contributed by atoms with Crippen molar-refractivity contribution in [2.75, 3.05) is 0 Å². The maximum absolute atomic E-state index is 2.61. The first-order valence-electron chi connectivity index (χ1n) is 38.8. The van der Waals surface area contributed by atoms with Crippen molar-refractivity contribution in [3.63, 3.8) is 0 Å². The van der Waals surface area contributed by atoms with Crippen LogP contribution in [0.5, 0.6) is 0 Å². The molecule has 2 heterocycles. The lowest BCUT2D eigenvalue weighted by Crippen LogP contribution is -2.21. The molecule has 4 aliphatic carbocycles. The van der Waals surface area contributed by atoms with Crippen LogP contribution in [0.25, 0.3) is 179 Å². The van der Waals surface area contributed by atoms with Gasteiger partial charge in [-0.15, -0.1) is 0 Å². The van der Waals surface area contributed by atoms with E-state index in [1.807, 2.05) is 0 Å². The number of rotatable bonds is 11. The highest BCUT2D eigenvalue weighted by Gasteiger charge is 2.47. The van der Waals surface area contributed by atoms with Gasteiger partial charge in [0.25, 0.3) is 0 Å². The fourth-order valence-corrected chi connectivity index (χ4v) is 19.9. The van der Waals surface area contributed by atoms with Gasteiger partial charge in [0.15, 0.2) is 0 Å². The number of para-hydroxylation sites is 2. The lowest BCUT2D eigenvalue weighted by Gasteiger charge is -2.28. The zero-order valence-corrected chi connectivity index (χ0v) is 60.2. The van der Waals surface area contributed by atoms with Crippen LogP contribution in [0.1, 0.15) is 95.9 Å². The first kappa shape index (κ1) is 62.5. The molecular formula is C106H76N2. The molecule has 0 atom stereocenters. The van der Waals surface area contributed by atoms with E-state index in [2.05, 4.69) is 373 Å². The zero-order valence-electron chi connectivity index (χ0n) is 60.2. The second-order valence-electron chi connectivity index (χ2n) is 30.9. The maximum Gasteiger partial charge on any atom is 0.0541 e. The summed E-state index contributed by atoms with van der Waals surface area (Å²) in [5.74, 6) is 0. The van der Waals surface area contributed by atoms with Crippen LogP contribution in [0.4, 0.5) is 0 Å². The summed E-state index contributed by atoms with van der Waals surface area (Å²) in [6, 6.07) is 128. The van der Waals surface area contributed by atoms with E-state index in [-0.39, 0.29) is 10.8 Å². The molecule has 2 heteroatoms. The average Bonchev–Trinajstić information content (AvgIpc) is 1.54. The molecule has 0 unspecified atom stereocenters. The molecule has 2 spiro atoms. The van der Waals surface area contributed by atoms with Crippen LogP contribution in [-0.4, -0.2) is 9.13 Å². The maximum atomic E-state index is 2.61. The van der Waals surface area contributed by atoms with E-state index < -0.39 is 0 Å². The molecule has 22 rings (SSSR count). The number of benzene rings is 16. The predicted octanol–water partition coefficient (Wildman–Crippen LogP) is 28.5. The van der Waals surface area contributed by atoms with Gasteiger partial charge < -0.3 is 9.13 Å². The number of hydrogen-bond donors (Lipinski definition) is 0. The van der Waals surface area contributed by atoms with E-state index in [1.165, 1.54) is 250 Å². The zero-order chi connectivity index (χ0) is 71.0. The molecule has 0 bridgehead atoms. The Labute approximate surface area is 630 Å². The molecule has 0 amide bonds. The second-order valence-corrected chi connectivity index (χ2v) is 30.9. The first-order chi connectivity index (χ1) is 53.4. The van der Waals surface area contributed by atoms with Crippen LogP contribution in [0, 0.1) is 0 Å². The van der Waals surface area contributed by atoms with Gasteiger partial charge in [0.05, 0.1) is 33.4 Å². The standard InChI is InChI=1S/C106H76N2/c1-3-19-85-77(15-1)17-13-25-99(85)107-101-23-7-5-21-91(101)93-63-79(51-57-103(93)107)73-39-31-69(32-40-73)27-29-71-35-43-75(44-36-71)81-47-53-87-89-55-49-83(67-97(89)105(95(87)65-81)59-9-10-60-105)84-50-56-90-88-54-48-82(66-96(88)106(98(90)68-84)61-11-12-62-106)76-45-37-72(38-46-76)30-28-70-33-41-74(42-34-70)80-52-58-104-94(64-80)92-22-6-8-24-102(92)108(104)100-26-14-18-78-16-2-4-20-86(78)100/h1-8,13-58,63-68H,9-12,59-62H2/b29-27+,30-28+. The molecule has 2 fully saturated rings. The monoisotopic (exact) mass is 1380 g/mol. The van der Waals surface area contributed by atoms with Crippen LogP contribution in [0.2, 0.25) is 0 Å². The van der Waals surface area contributed by atoms with Crippen LogP contribution in [0.15, 0.2) is 340 Å². The quantitative estimate of drug-likeness (QED) is 0.114. The van der Waals surface area contributed by atoms with E-state index in [0.717, 1.165) is 0 Å². The van der Waals surface area contributed by atoms with Gasteiger partial charge in [0, 0.05) is 43.1 Å². The van der Waals surface area contributed by atoms with Crippen LogP contribution >= 0.6 is 0 Å².